The van der Waals surface area contributed by atoms with Crippen LogP contribution in [0.1, 0.15) is 68.3 Å². The Morgan fingerprint density at radius 2 is 2.00 bits per heavy atom. The van der Waals surface area contributed by atoms with Crippen molar-refractivity contribution in [3.63, 3.8) is 0 Å². The van der Waals surface area contributed by atoms with Gasteiger partial charge in [-0.25, -0.2) is 9.97 Å². The molecule has 4 heteroatoms. The monoisotopic (exact) mass is 263 g/mol. The zero-order valence-corrected chi connectivity index (χ0v) is 12.2. The number of ether oxygens (including phenoxy) is 1. The number of hydrogen-bond acceptors (Lipinski definition) is 4. The van der Waals surface area contributed by atoms with Crippen molar-refractivity contribution in [2.75, 3.05) is 7.11 Å². The molecule has 1 saturated carbocycles. The highest BCUT2D eigenvalue weighted by Gasteiger charge is 2.27. The van der Waals surface area contributed by atoms with Gasteiger partial charge in [-0.15, -0.1) is 0 Å². The van der Waals surface area contributed by atoms with Gasteiger partial charge in [0.2, 0.25) is 0 Å². The highest BCUT2D eigenvalue weighted by atomic mass is 16.5. The Morgan fingerprint density at radius 1 is 1.32 bits per heavy atom. The molecule has 2 N–H and O–H groups in total. The number of nitrogens with two attached hydrogens (primary N) is 1. The van der Waals surface area contributed by atoms with E-state index >= 15 is 0 Å². The SMILES string of the molecule is COC(c1ncc([C@H](C)N)c(C)n1)C1CCCCC1. The van der Waals surface area contributed by atoms with E-state index in [1.165, 1.54) is 32.1 Å². The lowest BCUT2D eigenvalue weighted by Gasteiger charge is -2.28. The molecular weight excluding hydrogens is 238 g/mol. The topological polar surface area (TPSA) is 61.0 Å². The number of aryl methyl sites for hydroxylation is 1. The van der Waals surface area contributed by atoms with E-state index in [0.29, 0.717) is 5.92 Å². The molecule has 1 aromatic rings. The first kappa shape index (κ1) is 14.4. The molecule has 0 aliphatic heterocycles. The summed E-state index contributed by atoms with van der Waals surface area (Å²) in [6, 6.07) is -0.0234. The highest BCUT2D eigenvalue weighted by Crippen LogP contribution is 2.35. The van der Waals surface area contributed by atoms with Crippen molar-refractivity contribution >= 4 is 0 Å². The van der Waals surface area contributed by atoms with E-state index in [0.717, 1.165) is 17.1 Å². The van der Waals surface area contributed by atoms with Gasteiger partial charge in [-0.3, -0.25) is 0 Å². The lowest BCUT2D eigenvalue weighted by Crippen LogP contribution is -2.21. The third-order valence-electron chi connectivity index (χ3n) is 4.11. The van der Waals surface area contributed by atoms with E-state index in [1.807, 2.05) is 20.0 Å². The maximum absolute atomic E-state index is 5.90. The van der Waals surface area contributed by atoms with Crippen molar-refractivity contribution < 1.29 is 4.74 Å². The zero-order valence-electron chi connectivity index (χ0n) is 12.2. The Morgan fingerprint density at radius 3 is 2.53 bits per heavy atom. The third kappa shape index (κ3) is 3.31. The third-order valence-corrected chi connectivity index (χ3v) is 4.11. The normalized spacial score (nSPS) is 20.2. The number of hydrogen-bond donors (Lipinski definition) is 1. The maximum atomic E-state index is 5.90. The summed E-state index contributed by atoms with van der Waals surface area (Å²) in [6.07, 6.45) is 8.25. The van der Waals surface area contributed by atoms with Crippen LogP contribution in [0.2, 0.25) is 0 Å². The minimum Gasteiger partial charge on any atom is -0.373 e. The summed E-state index contributed by atoms with van der Waals surface area (Å²) in [5.74, 6) is 1.37. The molecule has 1 heterocycles. The van der Waals surface area contributed by atoms with Gasteiger partial charge in [-0.1, -0.05) is 19.3 Å². The van der Waals surface area contributed by atoms with E-state index in [2.05, 4.69) is 9.97 Å². The number of rotatable bonds is 4. The second kappa shape index (κ2) is 6.44. The molecule has 0 spiro atoms. The summed E-state index contributed by atoms with van der Waals surface area (Å²) >= 11 is 0. The van der Waals surface area contributed by atoms with Crippen LogP contribution in [0.25, 0.3) is 0 Å². The summed E-state index contributed by atoms with van der Waals surface area (Å²) in [7, 11) is 1.76. The van der Waals surface area contributed by atoms with Gasteiger partial charge in [0.25, 0.3) is 0 Å². The van der Waals surface area contributed by atoms with Crippen molar-refractivity contribution in [3.8, 4) is 0 Å². The predicted molar refractivity (Wildman–Crippen MR) is 75.7 cm³/mol. The number of nitrogens with zero attached hydrogens (tertiary/aromatic N) is 2. The fraction of sp³-hybridized carbons (Fsp3) is 0.733. The van der Waals surface area contributed by atoms with Gasteiger partial charge in [0, 0.05) is 30.6 Å². The largest absolute Gasteiger partial charge is 0.373 e. The molecule has 1 unspecified atom stereocenters. The second-order valence-electron chi connectivity index (χ2n) is 5.61. The zero-order chi connectivity index (χ0) is 13.8. The van der Waals surface area contributed by atoms with E-state index in [4.69, 9.17) is 10.5 Å². The van der Waals surface area contributed by atoms with Crippen molar-refractivity contribution in [2.24, 2.45) is 11.7 Å². The van der Waals surface area contributed by atoms with Gasteiger partial charge in [0.05, 0.1) is 0 Å². The summed E-state index contributed by atoms with van der Waals surface area (Å²) < 4.78 is 5.67. The first-order chi connectivity index (χ1) is 9.13. The number of aromatic nitrogens is 2. The molecule has 19 heavy (non-hydrogen) atoms. The quantitative estimate of drug-likeness (QED) is 0.907. The van der Waals surface area contributed by atoms with Crippen LogP contribution in [-0.2, 0) is 4.74 Å². The van der Waals surface area contributed by atoms with Gasteiger partial charge in [0.1, 0.15) is 6.10 Å². The molecule has 1 aromatic heterocycles. The molecule has 1 fully saturated rings. The Hall–Kier alpha value is -1.00. The van der Waals surface area contributed by atoms with Crippen LogP contribution >= 0.6 is 0 Å². The van der Waals surface area contributed by atoms with Crippen LogP contribution < -0.4 is 5.73 Å². The lowest BCUT2D eigenvalue weighted by atomic mass is 9.85. The van der Waals surface area contributed by atoms with E-state index < -0.39 is 0 Å². The summed E-state index contributed by atoms with van der Waals surface area (Å²) in [6.45, 7) is 3.96. The van der Waals surface area contributed by atoms with Gasteiger partial charge >= 0.3 is 0 Å². The minimum atomic E-state index is -0.0234. The first-order valence-electron chi connectivity index (χ1n) is 7.25. The summed E-state index contributed by atoms with van der Waals surface area (Å²) in [5.41, 5.74) is 7.89. The molecule has 1 aliphatic rings. The summed E-state index contributed by atoms with van der Waals surface area (Å²) in [5, 5.41) is 0. The van der Waals surface area contributed by atoms with Crippen LogP contribution in [0.5, 0.6) is 0 Å². The predicted octanol–water partition coefficient (Wildman–Crippen LogP) is 3.07. The van der Waals surface area contributed by atoms with E-state index in [9.17, 15) is 0 Å². The minimum absolute atomic E-state index is 0.0234. The standard InChI is InChI=1S/C15H25N3O/c1-10(16)13-9-17-15(18-11(13)2)14(19-3)12-7-5-4-6-8-12/h9-10,12,14H,4-8,16H2,1-3H3/t10-,14?/m0/s1. The smallest absolute Gasteiger partial charge is 0.157 e. The maximum Gasteiger partial charge on any atom is 0.157 e. The van der Waals surface area contributed by atoms with E-state index in [-0.39, 0.29) is 12.1 Å². The van der Waals surface area contributed by atoms with Crippen molar-refractivity contribution in [1.29, 1.82) is 0 Å². The van der Waals surface area contributed by atoms with Crippen LogP contribution in [0.4, 0.5) is 0 Å². The second-order valence-corrected chi connectivity index (χ2v) is 5.61. The molecule has 1 aliphatic carbocycles. The Bertz CT molecular complexity index is 414. The van der Waals surface area contributed by atoms with Crippen LogP contribution in [0, 0.1) is 12.8 Å². The van der Waals surface area contributed by atoms with Crippen molar-refractivity contribution in [1.82, 2.24) is 9.97 Å². The summed E-state index contributed by atoms with van der Waals surface area (Å²) in [4.78, 5) is 9.12. The highest BCUT2D eigenvalue weighted by molar-refractivity contribution is 5.20. The Kier molecular flexibility index (Phi) is 4.88. The number of methoxy groups -OCH3 is 1. The molecule has 106 valence electrons. The van der Waals surface area contributed by atoms with Gasteiger partial charge < -0.3 is 10.5 Å². The van der Waals surface area contributed by atoms with Gasteiger partial charge in [-0.2, -0.15) is 0 Å². The average Bonchev–Trinajstić information content (AvgIpc) is 2.40. The first-order valence-corrected chi connectivity index (χ1v) is 7.25. The van der Waals surface area contributed by atoms with Crippen molar-refractivity contribution in [3.05, 3.63) is 23.3 Å². The molecule has 0 amide bonds. The fourth-order valence-electron chi connectivity index (χ4n) is 3.02. The molecule has 0 bridgehead atoms. The Labute approximate surface area is 115 Å². The molecule has 0 radical (unpaired) electrons. The molecule has 0 saturated heterocycles. The molecular formula is C15H25N3O. The molecule has 4 nitrogen and oxygen atoms in total. The van der Waals surface area contributed by atoms with Gasteiger partial charge in [0.15, 0.2) is 5.82 Å². The lowest BCUT2D eigenvalue weighted by molar-refractivity contribution is 0.0287. The fourth-order valence-corrected chi connectivity index (χ4v) is 3.02. The van der Waals surface area contributed by atoms with E-state index in [1.54, 1.807) is 7.11 Å². The Balaban J connectivity index is 2.20. The van der Waals surface area contributed by atoms with Crippen molar-refractivity contribution in [2.45, 2.75) is 58.1 Å². The molecule has 2 atom stereocenters. The van der Waals surface area contributed by atoms with Gasteiger partial charge in [-0.05, 0) is 32.6 Å². The molecule has 0 aromatic carbocycles. The average molecular weight is 263 g/mol. The van der Waals surface area contributed by atoms with Crippen LogP contribution in [-0.4, -0.2) is 17.1 Å². The van der Waals surface area contributed by atoms with Crippen LogP contribution in [0.15, 0.2) is 6.20 Å². The molecule has 2 rings (SSSR count). The van der Waals surface area contributed by atoms with Crippen LogP contribution in [0.3, 0.4) is 0 Å².